The first kappa shape index (κ1) is 7.14. The number of hydrogen-bond acceptors (Lipinski definition) is 1. The van der Waals surface area contributed by atoms with Crippen molar-refractivity contribution in [2.24, 2.45) is 0 Å². The highest BCUT2D eigenvalue weighted by Crippen LogP contribution is 2.37. The van der Waals surface area contributed by atoms with Crippen LogP contribution in [0, 0.1) is 0 Å². The van der Waals surface area contributed by atoms with Crippen LogP contribution in [0.15, 0.2) is 0 Å². The summed E-state index contributed by atoms with van der Waals surface area (Å²) in [6.07, 6.45) is 2.69. The molecule has 1 nitrogen and oxygen atoms in total. The molecule has 0 aromatic carbocycles. The second kappa shape index (κ2) is 2.74. The molecule has 0 radical (unpaired) electrons. The zero-order valence-corrected chi connectivity index (χ0v) is 6.55. The minimum Gasteiger partial charge on any atom is -0.438 e. The molecule has 52 valence electrons. The van der Waals surface area contributed by atoms with E-state index < -0.39 is 0 Å². The van der Waals surface area contributed by atoms with E-state index in [1.165, 1.54) is 12.8 Å². The van der Waals surface area contributed by atoms with Gasteiger partial charge in [-0.15, -0.1) is 0 Å². The highest BCUT2D eigenvalue weighted by atomic mass is 16.4. The fraction of sp³-hybridized carbons (Fsp3) is 1.00. The van der Waals surface area contributed by atoms with Crippen molar-refractivity contribution in [3.63, 3.8) is 0 Å². The Morgan fingerprint density at radius 2 is 1.67 bits per heavy atom. The van der Waals surface area contributed by atoms with E-state index >= 15 is 0 Å². The summed E-state index contributed by atoms with van der Waals surface area (Å²) in [6.45, 7) is 5.08. The van der Waals surface area contributed by atoms with Crippen LogP contribution in [-0.4, -0.2) is 14.0 Å². The van der Waals surface area contributed by atoms with Gasteiger partial charge in [0.05, 0.1) is 0 Å². The van der Waals surface area contributed by atoms with Crippen LogP contribution in [0.2, 0.25) is 11.6 Å². The van der Waals surface area contributed by atoms with Crippen LogP contribution in [-0.2, 0) is 4.65 Å². The normalized spacial score (nSPS) is 35.7. The molecule has 0 bridgehead atoms. The first-order valence-corrected chi connectivity index (χ1v) is 3.78. The predicted molar refractivity (Wildman–Crippen MR) is 40.8 cm³/mol. The Balaban J connectivity index is 2.44. The van der Waals surface area contributed by atoms with E-state index in [4.69, 9.17) is 4.65 Å². The van der Waals surface area contributed by atoms with E-state index in [1.54, 1.807) is 0 Å². The van der Waals surface area contributed by atoms with Gasteiger partial charge in [0, 0.05) is 7.11 Å². The van der Waals surface area contributed by atoms with Gasteiger partial charge >= 0.3 is 0 Å². The van der Waals surface area contributed by atoms with Crippen molar-refractivity contribution in [3.05, 3.63) is 0 Å². The first-order chi connectivity index (χ1) is 4.25. The average Bonchev–Trinajstić information content (AvgIpc) is 2.12. The van der Waals surface area contributed by atoms with E-state index in [2.05, 4.69) is 13.8 Å². The zero-order valence-electron chi connectivity index (χ0n) is 6.55. The van der Waals surface area contributed by atoms with Gasteiger partial charge in [0.2, 0.25) is 0 Å². The van der Waals surface area contributed by atoms with Crippen LogP contribution >= 0.6 is 0 Å². The Bertz CT molecular complexity index is 84.9. The van der Waals surface area contributed by atoms with E-state index in [1.807, 2.05) is 7.11 Å². The lowest BCUT2D eigenvalue weighted by atomic mass is 9.53. The molecule has 1 aliphatic rings. The quantitative estimate of drug-likeness (QED) is 0.489. The smallest absolute Gasteiger partial charge is 0.298 e. The van der Waals surface area contributed by atoms with Crippen LogP contribution in [0.5, 0.6) is 0 Å². The number of rotatable bonds is 1. The third-order valence-electron chi connectivity index (χ3n) is 2.47. The lowest BCUT2D eigenvalue weighted by molar-refractivity contribution is 0.409. The summed E-state index contributed by atoms with van der Waals surface area (Å²) < 4.78 is 5.34. The molecule has 1 heterocycles. The maximum Gasteiger partial charge on any atom is 0.298 e. The Labute approximate surface area is 57.9 Å². The molecule has 0 aromatic heterocycles. The topological polar surface area (TPSA) is 9.23 Å². The van der Waals surface area contributed by atoms with Crippen molar-refractivity contribution >= 4 is 6.92 Å². The molecule has 1 aliphatic heterocycles. The molecule has 1 fully saturated rings. The molecule has 2 atom stereocenters. The van der Waals surface area contributed by atoms with Crippen LogP contribution in [0.4, 0.5) is 0 Å². The maximum atomic E-state index is 5.34. The average molecular weight is 126 g/mol. The summed E-state index contributed by atoms with van der Waals surface area (Å²) in [6, 6.07) is 0. The van der Waals surface area contributed by atoms with Crippen molar-refractivity contribution in [1.82, 2.24) is 0 Å². The summed E-state index contributed by atoms with van der Waals surface area (Å²) in [7, 11) is 1.82. The fourth-order valence-electron chi connectivity index (χ4n) is 1.88. The molecule has 0 aromatic rings. The van der Waals surface area contributed by atoms with Crippen LogP contribution < -0.4 is 0 Å². The van der Waals surface area contributed by atoms with Crippen LogP contribution in [0.25, 0.3) is 0 Å². The summed E-state index contributed by atoms with van der Waals surface area (Å²) in [5.74, 6) is 1.56. The molecule has 0 spiro atoms. The van der Waals surface area contributed by atoms with Gasteiger partial charge in [-0.25, -0.2) is 0 Å². The zero-order chi connectivity index (χ0) is 6.85. The Kier molecular flexibility index (Phi) is 2.17. The van der Waals surface area contributed by atoms with Crippen molar-refractivity contribution in [2.75, 3.05) is 7.11 Å². The summed E-state index contributed by atoms with van der Waals surface area (Å²) >= 11 is 0. The molecule has 0 aliphatic carbocycles. The third kappa shape index (κ3) is 1.29. The van der Waals surface area contributed by atoms with Gasteiger partial charge in [-0.3, -0.25) is 0 Å². The molecular formula is C7H15BO. The standard InChI is InChI=1S/C7H15BO/c1-6-4-5-7(2)8(6)9-3/h6-7H,4-5H2,1-3H3/t6-,7-/m0/s1. The Morgan fingerprint density at radius 3 is 1.89 bits per heavy atom. The molecule has 0 saturated carbocycles. The third-order valence-corrected chi connectivity index (χ3v) is 2.47. The van der Waals surface area contributed by atoms with Crippen molar-refractivity contribution in [2.45, 2.75) is 38.3 Å². The highest BCUT2D eigenvalue weighted by Gasteiger charge is 2.34. The van der Waals surface area contributed by atoms with Gasteiger partial charge in [0.15, 0.2) is 0 Å². The fourth-order valence-corrected chi connectivity index (χ4v) is 1.88. The van der Waals surface area contributed by atoms with E-state index in [9.17, 15) is 0 Å². The summed E-state index contributed by atoms with van der Waals surface area (Å²) in [4.78, 5) is 0. The van der Waals surface area contributed by atoms with Gasteiger partial charge in [0.25, 0.3) is 6.92 Å². The lowest BCUT2D eigenvalue weighted by Crippen LogP contribution is -2.19. The van der Waals surface area contributed by atoms with E-state index in [-0.39, 0.29) is 0 Å². The van der Waals surface area contributed by atoms with Gasteiger partial charge in [-0.05, 0) is 11.6 Å². The van der Waals surface area contributed by atoms with Crippen LogP contribution in [0.1, 0.15) is 26.7 Å². The van der Waals surface area contributed by atoms with Crippen molar-refractivity contribution in [1.29, 1.82) is 0 Å². The molecule has 2 heteroatoms. The molecular weight excluding hydrogens is 111 g/mol. The van der Waals surface area contributed by atoms with E-state index in [0.717, 1.165) is 11.6 Å². The maximum absolute atomic E-state index is 5.34. The minimum atomic E-state index is 0.532. The second-order valence-electron chi connectivity index (χ2n) is 3.23. The molecule has 0 unspecified atom stereocenters. The lowest BCUT2D eigenvalue weighted by Gasteiger charge is -2.11. The SMILES string of the molecule is COB1[C@@H](C)CC[C@@H]1C. The largest absolute Gasteiger partial charge is 0.438 e. The summed E-state index contributed by atoms with van der Waals surface area (Å²) in [5, 5.41) is 0. The molecule has 0 amide bonds. The van der Waals surface area contributed by atoms with Crippen molar-refractivity contribution in [3.8, 4) is 0 Å². The predicted octanol–water partition coefficient (Wildman–Crippen LogP) is 2.20. The molecule has 1 rings (SSSR count). The first-order valence-electron chi connectivity index (χ1n) is 3.78. The second-order valence-corrected chi connectivity index (χ2v) is 3.23. The van der Waals surface area contributed by atoms with Gasteiger partial charge in [0.1, 0.15) is 0 Å². The molecule has 1 saturated heterocycles. The highest BCUT2D eigenvalue weighted by molar-refractivity contribution is 6.56. The van der Waals surface area contributed by atoms with Gasteiger partial charge < -0.3 is 4.65 Å². The number of hydrogen-bond donors (Lipinski definition) is 0. The summed E-state index contributed by atoms with van der Waals surface area (Å²) in [5.41, 5.74) is 0. The van der Waals surface area contributed by atoms with Gasteiger partial charge in [-0.2, -0.15) is 0 Å². The van der Waals surface area contributed by atoms with Crippen LogP contribution in [0.3, 0.4) is 0 Å². The Morgan fingerprint density at radius 1 is 1.22 bits per heavy atom. The molecule has 0 N–H and O–H groups in total. The monoisotopic (exact) mass is 126 g/mol. The van der Waals surface area contributed by atoms with Crippen molar-refractivity contribution < 1.29 is 4.65 Å². The van der Waals surface area contributed by atoms with E-state index in [0.29, 0.717) is 6.92 Å². The minimum absolute atomic E-state index is 0.532. The Hall–Kier alpha value is 0.0249. The van der Waals surface area contributed by atoms with Gasteiger partial charge in [-0.1, -0.05) is 26.7 Å². The molecule has 9 heavy (non-hydrogen) atoms.